The summed E-state index contributed by atoms with van der Waals surface area (Å²) in [7, 11) is 2.17. The highest BCUT2D eigenvalue weighted by Gasteiger charge is 2.25. The topological polar surface area (TPSA) is 113 Å². The number of pyridine rings is 2. The van der Waals surface area contributed by atoms with Gasteiger partial charge in [0.15, 0.2) is 5.82 Å². The minimum Gasteiger partial charge on any atom is -0.394 e. The molecule has 3 aromatic rings. The molecule has 8 heteroatoms. The standard InChI is InChI=1S/C25H35N7O/c1-4-5-10-25(2,16-33)31-23-22-21(29-24(26)30-23)13-19(15-28-22)18-6-7-20(27-14-18)17-8-11-32(3)12-9-17/h6-7,13-15,17,33H,4-5,8-12,16H2,1-3H3,(H3,26,29,30,31)/t25-/m1/s1. The van der Waals surface area contributed by atoms with Gasteiger partial charge in [0.25, 0.3) is 0 Å². The van der Waals surface area contributed by atoms with E-state index in [-0.39, 0.29) is 12.6 Å². The van der Waals surface area contributed by atoms with Gasteiger partial charge in [-0.05, 0) is 58.5 Å². The lowest BCUT2D eigenvalue weighted by Gasteiger charge is -2.29. The zero-order valence-corrected chi connectivity index (χ0v) is 19.9. The number of nitrogens with one attached hydrogen (secondary N) is 1. The lowest BCUT2D eigenvalue weighted by molar-refractivity contribution is 0.212. The molecule has 1 aliphatic rings. The number of rotatable bonds is 8. The minimum atomic E-state index is -0.502. The van der Waals surface area contributed by atoms with E-state index >= 15 is 0 Å². The maximum atomic E-state index is 9.97. The molecule has 4 heterocycles. The number of aliphatic hydroxyl groups is 1. The van der Waals surface area contributed by atoms with Crippen LogP contribution in [0.1, 0.15) is 57.6 Å². The Kier molecular flexibility index (Phi) is 7.05. The summed E-state index contributed by atoms with van der Waals surface area (Å²) in [6.07, 6.45) is 8.92. The molecule has 33 heavy (non-hydrogen) atoms. The molecule has 1 saturated heterocycles. The Morgan fingerprint density at radius 1 is 1.15 bits per heavy atom. The van der Waals surface area contributed by atoms with Gasteiger partial charge in [-0.3, -0.25) is 9.97 Å². The smallest absolute Gasteiger partial charge is 0.222 e. The predicted octanol–water partition coefficient (Wildman–Crippen LogP) is 3.83. The number of unbranched alkanes of at least 4 members (excludes halogenated alkanes) is 1. The third-order valence-electron chi connectivity index (χ3n) is 6.66. The number of nitrogens with two attached hydrogens (primary N) is 1. The monoisotopic (exact) mass is 449 g/mol. The first-order valence-corrected chi connectivity index (χ1v) is 11.9. The molecule has 3 aromatic heterocycles. The van der Waals surface area contributed by atoms with Crippen molar-refractivity contribution in [3.63, 3.8) is 0 Å². The lowest BCUT2D eigenvalue weighted by Crippen LogP contribution is -2.39. The van der Waals surface area contributed by atoms with Crippen LogP contribution in [0.25, 0.3) is 22.2 Å². The molecule has 4 rings (SSSR count). The van der Waals surface area contributed by atoms with Gasteiger partial charge in [-0.1, -0.05) is 25.8 Å². The van der Waals surface area contributed by atoms with Crippen molar-refractivity contribution >= 4 is 22.8 Å². The van der Waals surface area contributed by atoms with Gasteiger partial charge in [-0.15, -0.1) is 0 Å². The molecule has 0 aromatic carbocycles. The van der Waals surface area contributed by atoms with E-state index in [0.717, 1.165) is 62.0 Å². The summed E-state index contributed by atoms with van der Waals surface area (Å²) in [5.41, 5.74) is 9.91. The molecule has 0 aliphatic carbocycles. The second-order valence-electron chi connectivity index (χ2n) is 9.52. The summed E-state index contributed by atoms with van der Waals surface area (Å²) in [6.45, 7) is 6.35. The van der Waals surface area contributed by atoms with Gasteiger partial charge in [0.05, 0.1) is 17.7 Å². The molecule has 8 nitrogen and oxygen atoms in total. The average Bonchev–Trinajstić information content (AvgIpc) is 2.83. The molecular formula is C25H35N7O. The van der Waals surface area contributed by atoms with Crippen molar-refractivity contribution in [3.8, 4) is 11.1 Å². The highest BCUT2D eigenvalue weighted by molar-refractivity contribution is 5.89. The second-order valence-corrected chi connectivity index (χ2v) is 9.52. The number of nitrogen functional groups attached to an aromatic ring is 1. The first-order valence-electron chi connectivity index (χ1n) is 11.9. The molecule has 0 amide bonds. The van der Waals surface area contributed by atoms with Gasteiger partial charge in [0.1, 0.15) is 5.52 Å². The number of aromatic nitrogens is 4. The third-order valence-corrected chi connectivity index (χ3v) is 6.66. The number of aliphatic hydroxyl groups excluding tert-OH is 1. The van der Waals surface area contributed by atoms with Gasteiger partial charge in [0, 0.05) is 35.1 Å². The number of fused-ring (bicyclic) bond motifs is 1. The molecule has 1 atom stereocenters. The normalized spacial score (nSPS) is 17.2. The van der Waals surface area contributed by atoms with Crippen LogP contribution in [0.4, 0.5) is 11.8 Å². The minimum absolute atomic E-state index is 0.00815. The number of likely N-dealkylation sites (tertiary alicyclic amines) is 1. The fraction of sp³-hybridized carbons (Fsp3) is 0.520. The van der Waals surface area contributed by atoms with Crippen LogP contribution in [0.2, 0.25) is 0 Å². The van der Waals surface area contributed by atoms with Crippen molar-refractivity contribution in [2.45, 2.75) is 57.4 Å². The van der Waals surface area contributed by atoms with Gasteiger partial charge < -0.3 is 21.1 Å². The maximum Gasteiger partial charge on any atom is 0.222 e. The van der Waals surface area contributed by atoms with E-state index < -0.39 is 5.54 Å². The largest absolute Gasteiger partial charge is 0.394 e. The van der Waals surface area contributed by atoms with Crippen molar-refractivity contribution in [2.24, 2.45) is 0 Å². The van der Waals surface area contributed by atoms with Crippen LogP contribution in [0.5, 0.6) is 0 Å². The maximum absolute atomic E-state index is 9.97. The molecule has 0 unspecified atom stereocenters. The Bertz CT molecular complexity index is 1080. The number of hydrogen-bond donors (Lipinski definition) is 3. The zero-order chi connectivity index (χ0) is 23.4. The molecule has 0 spiro atoms. The summed E-state index contributed by atoms with van der Waals surface area (Å²) in [5, 5.41) is 13.3. The predicted molar refractivity (Wildman–Crippen MR) is 133 cm³/mol. The molecule has 0 saturated carbocycles. The van der Waals surface area contributed by atoms with E-state index in [0.29, 0.717) is 22.8 Å². The quantitative estimate of drug-likeness (QED) is 0.475. The number of hydrogen-bond acceptors (Lipinski definition) is 8. The van der Waals surface area contributed by atoms with Gasteiger partial charge in [0.2, 0.25) is 5.95 Å². The van der Waals surface area contributed by atoms with E-state index in [4.69, 9.17) is 10.7 Å². The molecule has 0 radical (unpaired) electrons. The van der Waals surface area contributed by atoms with Crippen LogP contribution in [0.3, 0.4) is 0 Å². The molecule has 1 fully saturated rings. The molecule has 0 bridgehead atoms. The van der Waals surface area contributed by atoms with Crippen LogP contribution in [0.15, 0.2) is 30.6 Å². The molecule has 1 aliphatic heterocycles. The van der Waals surface area contributed by atoms with Gasteiger partial charge in [-0.2, -0.15) is 4.98 Å². The number of nitrogens with zero attached hydrogens (tertiary/aromatic N) is 5. The summed E-state index contributed by atoms with van der Waals surface area (Å²) in [5.74, 6) is 1.25. The Labute approximate surface area is 195 Å². The number of anilines is 2. The average molecular weight is 450 g/mol. The van der Waals surface area contributed by atoms with E-state index in [2.05, 4.69) is 51.3 Å². The first-order chi connectivity index (χ1) is 15.9. The van der Waals surface area contributed by atoms with E-state index in [1.165, 1.54) is 0 Å². The van der Waals surface area contributed by atoms with Crippen molar-refractivity contribution in [3.05, 3.63) is 36.3 Å². The summed E-state index contributed by atoms with van der Waals surface area (Å²) in [6, 6.07) is 6.22. The number of piperidine rings is 1. The molecule has 4 N–H and O–H groups in total. The van der Waals surface area contributed by atoms with E-state index in [1.807, 2.05) is 25.4 Å². The van der Waals surface area contributed by atoms with Crippen molar-refractivity contribution in [1.82, 2.24) is 24.8 Å². The van der Waals surface area contributed by atoms with Crippen LogP contribution in [-0.2, 0) is 0 Å². The fourth-order valence-corrected chi connectivity index (χ4v) is 4.44. The van der Waals surface area contributed by atoms with E-state index in [9.17, 15) is 5.11 Å². The summed E-state index contributed by atoms with van der Waals surface area (Å²) in [4.78, 5) is 20.6. The summed E-state index contributed by atoms with van der Waals surface area (Å²) < 4.78 is 0. The van der Waals surface area contributed by atoms with Crippen LogP contribution in [-0.4, -0.2) is 62.2 Å². The Balaban J connectivity index is 1.59. The van der Waals surface area contributed by atoms with Gasteiger partial charge >= 0.3 is 0 Å². The SMILES string of the molecule is CCCC[C@](C)(CO)Nc1nc(N)nc2cc(-c3ccc(C4CCN(C)CC4)nc3)cnc12. The zero-order valence-electron chi connectivity index (χ0n) is 19.9. The van der Waals surface area contributed by atoms with Crippen LogP contribution < -0.4 is 11.1 Å². The third kappa shape index (κ3) is 5.39. The van der Waals surface area contributed by atoms with Crippen molar-refractivity contribution < 1.29 is 5.11 Å². The Morgan fingerprint density at radius 3 is 2.58 bits per heavy atom. The summed E-state index contributed by atoms with van der Waals surface area (Å²) >= 11 is 0. The first kappa shape index (κ1) is 23.3. The van der Waals surface area contributed by atoms with Crippen molar-refractivity contribution in [1.29, 1.82) is 0 Å². The Morgan fingerprint density at radius 2 is 1.91 bits per heavy atom. The molecule has 176 valence electrons. The second kappa shape index (κ2) is 9.97. The van der Waals surface area contributed by atoms with Crippen LogP contribution >= 0.6 is 0 Å². The highest BCUT2D eigenvalue weighted by Crippen LogP contribution is 2.30. The fourth-order valence-electron chi connectivity index (χ4n) is 4.44. The highest BCUT2D eigenvalue weighted by atomic mass is 16.3. The van der Waals surface area contributed by atoms with Gasteiger partial charge in [-0.25, -0.2) is 4.98 Å². The van der Waals surface area contributed by atoms with Crippen molar-refractivity contribution in [2.75, 3.05) is 37.8 Å². The van der Waals surface area contributed by atoms with E-state index in [1.54, 1.807) is 0 Å². The van der Waals surface area contributed by atoms with Crippen LogP contribution in [0, 0.1) is 0 Å². The molecular weight excluding hydrogens is 414 g/mol. The lowest BCUT2D eigenvalue weighted by atomic mass is 9.93. The Hall–Kier alpha value is -2.84.